The Hall–Kier alpha value is -1.03. The molecule has 86 valence electrons. The van der Waals surface area contributed by atoms with E-state index in [4.69, 9.17) is 5.73 Å². The lowest BCUT2D eigenvalue weighted by Gasteiger charge is -2.30. The first-order valence-corrected chi connectivity index (χ1v) is 5.58. The van der Waals surface area contributed by atoms with E-state index in [-0.39, 0.29) is 5.41 Å². The van der Waals surface area contributed by atoms with Gasteiger partial charge in [0, 0.05) is 19.8 Å². The van der Waals surface area contributed by atoms with Gasteiger partial charge in [0.05, 0.1) is 11.9 Å². The van der Waals surface area contributed by atoms with Gasteiger partial charge in [0.25, 0.3) is 0 Å². The predicted octanol–water partition coefficient (Wildman–Crippen LogP) is 1.60. The molecule has 4 nitrogen and oxygen atoms in total. The average molecular weight is 210 g/mol. The summed E-state index contributed by atoms with van der Waals surface area (Å²) in [6, 6.07) is 0. The van der Waals surface area contributed by atoms with Crippen LogP contribution in [0.25, 0.3) is 0 Å². The maximum absolute atomic E-state index is 5.84. The molecular weight excluding hydrogens is 188 g/mol. The fourth-order valence-corrected chi connectivity index (χ4v) is 1.66. The topological polar surface area (TPSA) is 55.9 Å². The van der Waals surface area contributed by atoms with Gasteiger partial charge in [-0.3, -0.25) is 4.68 Å². The van der Waals surface area contributed by atoms with E-state index in [1.165, 1.54) is 0 Å². The third-order valence-corrected chi connectivity index (χ3v) is 3.31. The summed E-state index contributed by atoms with van der Waals surface area (Å²) >= 11 is 0. The summed E-state index contributed by atoms with van der Waals surface area (Å²) < 4.78 is 1.80. The van der Waals surface area contributed by atoms with Crippen LogP contribution in [0.4, 0.5) is 5.69 Å². The first kappa shape index (κ1) is 12.0. The van der Waals surface area contributed by atoms with Crippen molar-refractivity contribution in [2.45, 2.75) is 26.7 Å². The van der Waals surface area contributed by atoms with Gasteiger partial charge in [-0.15, -0.1) is 0 Å². The SMILES string of the molecule is CCC(CC)(CN)CNc1cnn(C)c1. The number of hydrogen-bond donors (Lipinski definition) is 2. The molecule has 0 saturated carbocycles. The van der Waals surface area contributed by atoms with Crippen molar-refractivity contribution in [1.29, 1.82) is 0 Å². The van der Waals surface area contributed by atoms with Crippen molar-refractivity contribution in [3.63, 3.8) is 0 Å². The summed E-state index contributed by atoms with van der Waals surface area (Å²) in [7, 11) is 1.92. The Labute approximate surface area is 91.8 Å². The molecule has 3 N–H and O–H groups in total. The molecule has 0 aromatic carbocycles. The van der Waals surface area contributed by atoms with Crippen LogP contribution in [0.2, 0.25) is 0 Å². The van der Waals surface area contributed by atoms with Crippen molar-refractivity contribution in [2.24, 2.45) is 18.2 Å². The zero-order valence-electron chi connectivity index (χ0n) is 9.95. The van der Waals surface area contributed by atoms with Gasteiger partial charge >= 0.3 is 0 Å². The molecule has 4 heteroatoms. The molecule has 0 bridgehead atoms. The molecule has 0 amide bonds. The smallest absolute Gasteiger partial charge is 0.0726 e. The molecule has 1 aromatic heterocycles. The minimum absolute atomic E-state index is 0.218. The van der Waals surface area contributed by atoms with Gasteiger partial charge < -0.3 is 11.1 Å². The van der Waals surface area contributed by atoms with E-state index in [2.05, 4.69) is 24.3 Å². The van der Waals surface area contributed by atoms with Crippen LogP contribution < -0.4 is 11.1 Å². The second-order valence-electron chi connectivity index (χ2n) is 4.17. The summed E-state index contributed by atoms with van der Waals surface area (Å²) in [5.74, 6) is 0. The second kappa shape index (κ2) is 5.16. The van der Waals surface area contributed by atoms with Crippen LogP contribution in [-0.4, -0.2) is 22.9 Å². The highest BCUT2D eigenvalue weighted by atomic mass is 15.3. The molecule has 0 aliphatic heterocycles. The molecule has 0 radical (unpaired) electrons. The Balaban J connectivity index is 2.54. The maximum atomic E-state index is 5.84. The highest BCUT2D eigenvalue weighted by molar-refractivity contribution is 5.38. The van der Waals surface area contributed by atoms with Crippen molar-refractivity contribution in [1.82, 2.24) is 9.78 Å². The zero-order chi connectivity index (χ0) is 11.3. The highest BCUT2D eigenvalue weighted by Crippen LogP contribution is 2.25. The van der Waals surface area contributed by atoms with Crippen molar-refractivity contribution < 1.29 is 0 Å². The molecule has 0 unspecified atom stereocenters. The average Bonchev–Trinajstić information content (AvgIpc) is 2.67. The van der Waals surface area contributed by atoms with E-state index in [9.17, 15) is 0 Å². The number of nitrogens with one attached hydrogen (secondary N) is 1. The third kappa shape index (κ3) is 2.96. The summed E-state index contributed by atoms with van der Waals surface area (Å²) in [4.78, 5) is 0. The first-order valence-electron chi connectivity index (χ1n) is 5.58. The molecule has 0 spiro atoms. The summed E-state index contributed by atoms with van der Waals surface area (Å²) in [5, 5.41) is 7.51. The molecule has 0 fully saturated rings. The lowest BCUT2D eigenvalue weighted by Crippen LogP contribution is -2.36. The van der Waals surface area contributed by atoms with Crippen molar-refractivity contribution >= 4 is 5.69 Å². The third-order valence-electron chi connectivity index (χ3n) is 3.31. The lowest BCUT2D eigenvalue weighted by molar-refractivity contribution is 0.294. The number of anilines is 1. The van der Waals surface area contributed by atoms with Gasteiger partial charge in [-0.25, -0.2) is 0 Å². The molecule has 0 saturated heterocycles. The summed E-state index contributed by atoms with van der Waals surface area (Å²) in [6.45, 7) is 6.04. The maximum Gasteiger partial charge on any atom is 0.0726 e. The number of aromatic nitrogens is 2. The number of hydrogen-bond acceptors (Lipinski definition) is 3. The van der Waals surface area contributed by atoms with E-state index in [1.54, 1.807) is 4.68 Å². The molecule has 0 aliphatic rings. The number of nitrogens with zero attached hydrogens (tertiary/aromatic N) is 2. The molecular formula is C11H22N4. The number of rotatable bonds is 6. The zero-order valence-corrected chi connectivity index (χ0v) is 9.95. The van der Waals surface area contributed by atoms with Gasteiger partial charge in [-0.05, 0) is 24.8 Å². The van der Waals surface area contributed by atoms with Crippen LogP contribution in [0, 0.1) is 5.41 Å². The summed E-state index contributed by atoms with van der Waals surface area (Å²) in [6.07, 6.45) is 6.03. The Morgan fingerprint density at radius 1 is 1.47 bits per heavy atom. The Kier molecular flexibility index (Phi) is 4.15. The van der Waals surface area contributed by atoms with E-state index >= 15 is 0 Å². The lowest BCUT2D eigenvalue weighted by atomic mass is 9.82. The highest BCUT2D eigenvalue weighted by Gasteiger charge is 2.23. The Morgan fingerprint density at radius 2 is 2.13 bits per heavy atom. The van der Waals surface area contributed by atoms with Crippen LogP contribution in [0.5, 0.6) is 0 Å². The van der Waals surface area contributed by atoms with Crippen molar-refractivity contribution in [3.05, 3.63) is 12.4 Å². The van der Waals surface area contributed by atoms with Gasteiger partial charge in [-0.2, -0.15) is 5.10 Å². The largest absolute Gasteiger partial charge is 0.382 e. The quantitative estimate of drug-likeness (QED) is 0.750. The monoisotopic (exact) mass is 210 g/mol. The number of nitrogens with two attached hydrogens (primary N) is 1. The van der Waals surface area contributed by atoms with Crippen LogP contribution in [0.1, 0.15) is 26.7 Å². The predicted molar refractivity (Wildman–Crippen MR) is 63.8 cm³/mol. The standard InChI is InChI=1S/C11H22N4/c1-4-11(5-2,8-12)9-13-10-6-14-15(3)7-10/h6-7,13H,4-5,8-9,12H2,1-3H3. The van der Waals surface area contributed by atoms with E-state index < -0.39 is 0 Å². The molecule has 1 aromatic rings. The van der Waals surface area contributed by atoms with Crippen LogP contribution in [0.15, 0.2) is 12.4 Å². The fourth-order valence-electron chi connectivity index (χ4n) is 1.66. The molecule has 0 aliphatic carbocycles. The van der Waals surface area contributed by atoms with Crippen LogP contribution in [0.3, 0.4) is 0 Å². The van der Waals surface area contributed by atoms with Crippen LogP contribution in [-0.2, 0) is 7.05 Å². The Morgan fingerprint density at radius 3 is 2.53 bits per heavy atom. The van der Waals surface area contributed by atoms with Crippen molar-refractivity contribution in [3.8, 4) is 0 Å². The van der Waals surface area contributed by atoms with E-state index in [0.29, 0.717) is 0 Å². The normalized spacial score (nSPS) is 11.7. The number of aryl methyl sites for hydroxylation is 1. The van der Waals surface area contributed by atoms with E-state index in [0.717, 1.165) is 31.6 Å². The van der Waals surface area contributed by atoms with Gasteiger partial charge in [-0.1, -0.05) is 13.8 Å². The van der Waals surface area contributed by atoms with Gasteiger partial charge in [0.1, 0.15) is 0 Å². The second-order valence-corrected chi connectivity index (χ2v) is 4.17. The van der Waals surface area contributed by atoms with Gasteiger partial charge in [0.2, 0.25) is 0 Å². The minimum atomic E-state index is 0.218. The first-order chi connectivity index (χ1) is 7.15. The molecule has 1 heterocycles. The summed E-state index contributed by atoms with van der Waals surface area (Å²) in [5.41, 5.74) is 7.12. The van der Waals surface area contributed by atoms with Crippen molar-refractivity contribution in [2.75, 3.05) is 18.4 Å². The van der Waals surface area contributed by atoms with E-state index in [1.807, 2.05) is 19.4 Å². The van der Waals surface area contributed by atoms with Gasteiger partial charge in [0.15, 0.2) is 0 Å². The fraction of sp³-hybridized carbons (Fsp3) is 0.727. The minimum Gasteiger partial charge on any atom is -0.382 e. The van der Waals surface area contributed by atoms with Crippen LogP contribution >= 0.6 is 0 Å². The molecule has 1 rings (SSSR count). The molecule has 0 atom stereocenters. The molecule has 15 heavy (non-hydrogen) atoms. The Bertz CT molecular complexity index is 280.